The van der Waals surface area contributed by atoms with Crippen molar-refractivity contribution in [1.29, 1.82) is 0 Å². The first-order valence-corrected chi connectivity index (χ1v) is 11.6. The Labute approximate surface area is 209 Å². The van der Waals surface area contributed by atoms with Gasteiger partial charge in [-0.3, -0.25) is 9.59 Å². The molecule has 0 aromatic heterocycles. The number of hydrogen-bond donors (Lipinski definition) is 4. The van der Waals surface area contributed by atoms with Crippen LogP contribution in [0, 0.1) is 0 Å². The SMILES string of the molecule is CC(O)C(=O)NC(Cc1ccccc1)C(=O)OCCOC(=O)C(Cc1ccccc1)NC(=O)C(C)O. The number of rotatable bonds is 13. The lowest BCUT2D eigenvalue weighted by Gasteiger charge is -2.20. The maximum atomic E-state index is 12.6. The van der Waals surface area contributed by atoms with E-state index in [4.69, 9.17) is 9.47 Å². The number of nitrogens with one attached hydrogen (secondary N) is 2. The lowest BCUT2D eigenvalue weighted by molar-refractivity contribution is -0.156. The van der Waals surface area contributed by atoms with Gasteiger partial charge < -0.3 is 30.3 Å². The van der Waals surface area contributed by atoms with Crippen molar-refractivity contribution in [3.63, 3.8) is 0 Å². The predicted octanol–water partition coefficient (Wildman–Crippen LogP) is 0.289. The second-order valence-electron chi connectivity index (χ2n) is 8.19. The van der Waals surface area contributed by atoms with E-state index >= 15 is 0 Å². The van der Waals surface area contributed by atoms with Gasteiger partial charge in [0.25, 0.3) is 0 Å². The van der Waals surface area contributed by atoms with Gasteiger partial charge in [0.15, 0.2) is 0 Å². The third-order valence-corrected chi connectivity index (χ3v) is 5.10. The summed E-state index contributed by atoms with van der Waals surface area (Å²) in [4.78, 5) is 49.1. The number of amides is 2. The van der Waals surface area contributed by atoms with E-state index in [1.165, 1.54) is 13.8 Å². The molecular weight excluding hydrogens is 468 g/mol. The fourth-order valence-corrected chi connectivity index (χ4v) is 3.16. The molecule has 10 heteroatoms. The summed E-state index contributed by atoms with van der Waals surface area (Å²) in [5.41, 5.74) is 1.55. The third-order valence-electron chi connectivity index (χ3n) is 5.10. The third kappa shape index (κ3) is 9.85. The Morgan fingerprint density at radius 1 is 0.667 bits per heavy atom. The molecule has 0 spiro atoms. The summed E-state index contributed by atoms with van der Waals surface area (Å²) in [7, 11) is 0. The van der Waals surface area contributed by atoms with E-state index in [1.54, 1.807) is 48.5 Å². The number of carbonyl (C=O) groups is 4. The molecule has 4 atom stereocenters. The highest BCUT2D eigenvalue weighted by molar-refractivity contribution is 5.87. The molecule has 0 aliphatic heterocycles. The molecule has 0 aliphatic rings. The second kappa shape index (κ2) is 14.6. The number of hydrogen-bond acceptors (Lipinski definition) is 8. The van der Waals surface area contributed by atoms with Crippen molar-refractivity contribution < 1.29 is 38.9 Å². The minimum atomic E-state index is -1.31. The van der Waals surface area contributed by atoms with Crippen molar-refractivity contribution >= 4 is 23.8 Å². The summed E-state index contributed by atoms with van der Waals surface area (Å²) < 4.78 is 10.4. The van der Waals surface area contributed by atoms with Crippen LogP contribution in [0.5, 0.6) is 0 Å². The Morgan fingerprint density at radius 2 is 1.00 bits per heavy atom. The van der Waals surface area contributed by atoms with Crippen LogP contribution in [0.1, 0.15) is 25.0 Å². The minimum Gasteiger partial charge on any atom is -0.461 e. The van der Waals surface area contributed by atoms with Crippen LogP contribution in [0.3, 0.4) is 0 Å². The van der Waals surface area contributed by atoms with E-state index in [0.29, 0.717) is 0 Å². The average molecular weight is 501 g/mol. The van der Waals surface area contributed by atoms with E-state index in [-0.39, 0.29) is 26.1 Å². The molecule has 0 bridgehead atoms. The van der Waals surface area contributed by atoms with E-state index in [0.717, 1.165) is 11.1 Å². The number of carbonyl (C=O) groups excluding carboxylic acids is 4. The molecule has 0 radical (unpaired) electrons. The Morgan fingerprint density at radius 3 is 1.31 bits per heavy atom. The number of benzene rings is 2. The fraction of sp³-hybridized carbons (Fsp3) is 0.385. The van der Waals surface area contributed by atoms with Gasteiger partial charge in [-0.25, -0.2) is 9.59 Å². The largest absolute Gasteiger partial charge is 0.461 e. The highest BCUT2D eigenvalue weighted by Crippen LogP contribution is 2.07. The molecule has 0 saturated carbocycles. The Kier molecular flexibility index (Phi) is 11.5. The van der Waals surface area contributed by atoms with Gasteiger partial charge >= 0.3 is 11.9 Å². The van der Waals surface area contributed by atoms with Gasteiger partial charge in [0.2, 0.25) is 11.8 Å². The summed E-state index contributed by atoms with van der Waals surface area (Å²) in [6, 6.07) is 15.8. The Hall–Kier alpha value is -3.76. The Bertz CT molecular complexity index is 914. The molecule has 0 fully saturated rings. The number of esters is 2. The topological polar surface area (TPSA) is 151 Å². The highest BCUT2D eigenvalue weighted by Gasteiger charge is 2.26. The summed E-state index contributed by atoms with van der Waals surface area (Å²) in [5.74, 6) is -2.96. The lowest BCUT2D eigenvalue weighted by Crippen LogP contribution is -2.47. The molecule has 2 rings (SSSR count). The average Bonchev–Trinajstić information content (AvgIpc) is 2.86. The molecule has 0 heterocycles. The number of ether oxygens (including phenoxy) is 2. The molecule has 194 valence electrons. The molecule has 4 unspecified atom stereocenters. The minimum absolute atomic E-state index is 0.141. The van der Waals surface area contributed by atoms with Crippen LogP contribution in [-0.2, 0) is 41.5 Å². The maximum absolute atomic E-state index is 12.6. The van der Waals surface area contributed by atoms with Crippen molar-refractivity contribution in [1.82, 2.24) is 10.6 Å². The van der Waals surface area contributed by atoms with Gasteiger partial charge in [-0.1, -0.05) is 60.7 Å². The second-order valence-corrected chi connectivity index (χ2v) is 8.19. The molecule has 0 saturated heterocycles. The van der Waals surface area contributed by atoms with Crippen LogP contribution < -0.4 is 10.6 Å². The summed E-state index contributed by atoms with van der Waals surface area (Å²) >= 11 is 0. The molecule has 2 aromatic rings. The van der Waals surface area contributed by atoms with E-state index in [2.05, 4.69) is 10.6 Å². The maximum Gasteiger partial charge on any atom is 0.329 e. The summed E-state index contributed by atoms with van der Waals surface area (Å²) in [6.45, 7) is 1.98. The summed E-state index contributed by atoms with van der Waals surface area (Å²) in [5, 5.41) is 23.9. The van der Waals surface area contributed by atoms with Crippen LogP contribution in [0.25, 0.3) is 0 Å². The van der Waals surface area contributed by atoms with Gasteiger partial charge in [0, 0.05) is 12.8 Å². The molecule has 10 nitrogen and oxygen atoms in total. The number of aliphatic hydroxyl groups is 2. The van der Waals surface area contributed by atoms with Gasteiger partial charge in [0.1, 0.15) is 37.5 Å². The summed E-state index contributed by atoms with van der Waals surface area (Å²) in [6.07, 6.45) is -2.34. The van der Waals surface area contributed by atoms with Gasteiger partial charge in [-0.15, -0.1) is 0 Å². The number of aliphatic hydroxyl groups excluding tert-OH is 2. The molecule has 0 aliphatic carbocycles. The van der Waals surface area contributed by atoms with Crippen molar-refractivity contribution in [3.8, 4) is 0 Å². The molecule has 36 heavy (non-hydrogen) atoms. The van der Waals surface area contributed by atoms with Crippen LogP contribution >= 0.6 is 0 Å². The quantitative estimate of drug-likeness (QED) is 0.226. The smallest absolute Gasteiger partial charge is 0.329 e. The standard InChI is InChI=1S/C26H32N2O8/c1-17(29)23(31)27-21(15-19-9-5-3-6-10-19)25(33)35-13-14-36-26(34)22(28-24(32)18(2)30)16-20-11-7-4-8-12-20/h3-12,17-18,21-22,29-30H,13-16H2,1-2H3,(H,27,31)(H,28,32). The lowest BCUT2D eigenvalue weighted by atomic mass is 10.1. The first-order chi connectivity index (χ1) is 17.2. The zero-order valence-electron chi connectivity index (χ0n) is 20.3. The zero-order valence-corrected chi connectivity index (χ0v) is 20.3. The molecule has 4 N–H and O–H groups in total. The Balaban J connectivity index is 1.93. The van der Waals surface area contributed by atoms with E-state index in [9.17, 15) is 29.4 Å². The molecular formula is C26H32N2O8. The van der Waals surface area contributed by atoms with Gasteiger partial charge in [-0.2, -0.15) is 0 Å². The van der Waals surface area contributed by atoms with Gasteiger partial charge in [0.05, 0.1) is 0 Å². The van der Waals surface area contributed by atoms with Crippen LogP contribution in [0.4, 0.5) is 0 Å². The van der Waals surface area contributed by atoms with E-state index < -0.39 is 48.0 Å². The molecule has 2 aromatic carbocycles. The van der Waals surface area contributed by atoms with Crippen LogP contribution in [0.2, 0.25) is 0 Å². The van der Waals surface area contributed by atoms with Crippen molar-refractivity contribution in [2.45, 2.75) is 51.0 Å². The van der Waals surface area contributed by atoms with Crippen molar-refractivity contribution in [2.24, 2.45) is 0 Å². The zero-order chi connectivity index (χ0) is 26.5. The molecule has 2 amide bonds. The highest BCUT2D eigenvalue weighted by atomic mass is 16.6. The van der Waals surface area contributed by atoms with Crippen molar-refractivity contribution in [3.05, 3.63) is 71.8 Å². The monoisotopic (exact) mass is 500 g/mol. The first kappa shape index (κ1) is 28.5. The van der Waals surface area contributed by atoms with Crippen LogP contribution in [-0.4, -0.2) is 71.5 Å². The first-order valence-electron chi connectivity index (χ1n) is 11.6. The van der Waals surface area contributed by atoms with E-state index in [1.807, 2.05) is 12.1 Å². The normalized spacial score (nSPS) is 14.0. The van der Waals surface area contributed by atoms with Crippen LogP contribution in [0.15, 0.2) is 60.7 Å². The van der Waals surface area contributed by atoms with Gasteiger partial charge in [-0.05, 0) is 25.0 Å². The predicted molar refractivity (Wildman–Crippen MR) is 129 cm³/mol. The van der Waals surface area contributed by atoms with Crippen molar-refractivity contribution in [2.75, 3.05) is 13.2 Å². The fourth-order valence-electron chi connectivity index (χ4n) is 3.16.